The van der Waals surface area contributed by atoms with E-state index in [-0.39, 0.29) is 17.6 Å². The molecule has 27 heavy (non-hydrogen) atoms. The van der Waals surface area contributed by atoms with Gasteiger partial charge < -0.3 is 9.84 Å². The minimum absolute atomic E-state index is 0.0956. The first kappa shape index (κ1) is 20.3. The number of hydrogen-bond donors (Lipinski definition) is 1. The summed E-state index contributed by atoms with van der Waals surface area (Å²) < 4.78 is 5.78. The molecule has 3 nitrogen and oxygen atoms in total. The zero-order chi connectivity index (χ0) is 19.6. The van der Waals surface area contributed by atoms with Crippen molar-refractivity contribution in [1.29, 1.82) is 0 Å². The number of carbonyl (C=O) groups excluding carboxylic acids is 1. The third-order valence-corrected chi connectivity index (χ3v) is 6.56. The van der Waals surface area contributed by atoms with Crippen LogP contribution in [0, 0.1) is 32.6 Å². The maximum atomic E-state index is 12.8. The van der Waals surface area contributed by atoms with Gasteiger partial charge in [0.1, 0.15) is 5.78 Å². The number of benzene rings is 1. The van der Waals surface area contributed by atoms with Crippen molar-refractivity contribution < 1.29 is 14.6 Å². The lowest BCUT2D eigenvalue weighted by Gasteiger charge is -2.31. The average Bonchev–Trinajstić information content (AvgIpc) is 2.88. The van der Waals surface area contributed by atoms with Crippen LogP contribution in [0.25, 0.3) is 0 Å². The van der Waals surface area contributed by atoms with E-state index in [1.54, 1.807) is 0 Å². The second-order valence-corrected chi connectivity index (χ2v) is 8.71. The molecule has 2 saturated carbocycles. The number of aliphatic hydroxyl groups excluding tert-OH is 1. The molecule has 0 spiro atoms. The van der Waals surface area contributed by atoms with E-state index < -0.39 is 6.10 Å². The van der Waals surface area contributed by atoms with E-state index in [2.05, 4.69) is 39.5 Å². The number of rotatable bonds is 6. The highest BCUT2D eigenvalue weighted by molar-refractivity contribution is 5.89. The lowest BCUT2D eigenvalue weighted by molar-refractivity contribution is -0.119. The van der Waals surface area contributed by atoms with Gasteiger partial charge in [-0.05, 0) is 81.4 Å². The summed E-state index contributed by atoms with van der Waals surface area (Å²) in [6, 6.07) is 4.25. The number of aryl methyl sites for hydroxylation is 3. The molecule has 0 bridgehead atoms. The van der Waals surface area contributed by atoms with Crippen LogP contribution in [0.15, 0.2) is 24.8 Å². The Hall–Kier alpha value is -1.45. The van der Waals surface area contributed by atoms with Crippen molar-refractivity contribution in [2.24, 2.45) is 11.8 Å². The monoisotopic (exact) mass is 370 g/mol. The van der Waals surface area contributed by atoms with Crippen molar-refractivity contribution in [2.75, 3.05) is 6.61 Å². The molecule has 3 heteroatoms. The zero-order valence-electron chi connectivity index (χ0n) is 17.0. The summed E-state index contributed by atoms with van der Waals surface area (Å²) in [5.74, 6) is 0.562. The summed E-state index contributed by atoms with van der Waals surface area (Å²) in [7, 11) is 0. The van der Waals surface area contributed by atoms with Gasteiger partial charge in [-0.15, -0.1) is 6.58 Å². The van der Waals surface area contributed by atoms with Crippen LogP contribution >= 0.6 is 0 Å². The van der Waals surface area contributed by atoms with Crippen LogP contribution < -0.4 is 0 Å². The van der Waals surface area contributed by atoms with Gasteiger partial charge in [-0.2, -0.15) is 0 Å². The number of ether oxygens (including phenoxy) is 1. The Morgan fingerprint density at radius 1 is 1.15 bits per heavy atom. The van der Waals surface area contributed by atoms with E-state index in [1.807, 2.05) is 6.08 Å². The lowest BCUT2D eigenvalue weighted by atomic mass is 9.79. The number of Topliss-reactive ketones (excluding diaryl/α,β-unsaturated/α-hetero) is 1. The highest BCUT2D eigenvalue weighted by Crippen LogP contribution is 2.43. The first-order valence-electron chi connectivity index (χ1n) is 10.4. The Labute approximate surface area is 163 Å². The van der Waals surface area contributed by atoms with Crippen molar-refractivity contribution in [3.05, 3.63) is 47.0 Å². The van der Waals surface area contributed by atoms with Crippen molar-refractivity contribution in [2.45, 2.75) is 77.4 Å². The molecule has 3 atom stereocenters. The Bertz CT molecular complexity index is 662. The third-order valence-electron chi connectivity index (χ3n) is 6.56. The fourth-order valence-corrected chi connectivity index (χ4v) is 5.37. The number of hydrogen-bond acceptors (Lipinski definition) is 3. The highest BCUT2D eigenvalue weighted by atomic mass is 16.5. The van der Waals surface area contributed by atoms with E-state index in [0.717, 1.165) is 48.8 Å². The van der Waals surface area contributed by atoms with Crippen LogP contribution in [0.5, 0.6) is 0 Å². The molecule has 0 heterocycles. The Morgan fingerprint density at radius 3 is 2.37 bits per heavy atom. The normalized spacial score (nSPS) is 31.3. The predicted molar refractivity (Wildman–Crippen MR) is 109 cm³/mol. The minimum atomic E-state index is -0.549. The molecule has 1 aromatic rings. The van der Waals surface area contributed by atoms with Gasteiger partial charge >= 0.3 is 0 Å². The van der Waals surface area contributed by atoms with Crippen LogP contribution in [-0.2, 0) is 9.53 Å². The lowest BCUT2D eigenvalue weighted by Crippen LogP contribution is -2.27. The second kappa shape index (κ2) is 8.70. The topological polar surface area (TPSA) is 46.5 Å². The molecule has 3 unspecified atom stereocenters. The number of ketones is 1. The SMILES string of the molecule is C=CCOC1CCC(CC2CC(=O)C(c3c(C)cc(C)cc3C)C2O)CC1. The molecule has 1 N–H and O–H groups in total. The molecule has 0 amide bonds. The van der Waals surface area contributed by atoms with E-state index in [1.165, 1.54) is 5.56 Å². The molecule has 3 rings (SSSR count). The smallest absolute Gasteiger partial charge is 0.143 e. The number of carbonyl (C=O) groups is 1. The molecule has 2 aliphatic rings. The molecule has 2 aliphatic carbocycles. The number of aliphatic hydroxyl groups is 1. The van der Waals surface area contributed by atoms with Gasteiger partial charge in [0.25, 0.3) is 0 Å². The predicted octanol–water partition coefficient (Wildman–Crippen LogP) is 4.80. The maximum absolute atomic E-state index is 12.8. The van der Waals surface area contributed by atoms with E-state index in [9.17, 15) is 9.90 Å². The summed E-state index contributed by atoms with van der Waals surface area (Å²) >= 11 is 0. The van der Waals surface area contributed by atoms with Crippen LogP contribution in [0.2, 0.25) is 0 Å². The van der Waals surface area contributed by atoms with Crippen LogP contribution in [0.3, 0.4) is 0 Å². The van der Waals surface area contributed by atoms with Crippen molar-refractivity contribution >= 4 is 5.78 Å². The quantitative estimate of drug-likeness (QED) is 0.732. The van der Waals surface area contributed by atoms with Crippen LogP contribution in [0.1, 0.15) is 66.7 Å². The van der Waals surface area contributed by atoms with Gasteiger partial charge in [-0.1, -0.05) is 23.8 Å². The Morgan fingerprint density at radius 2 is 1.78 bits per heavy atom. The van der Waals surface area contributed by atoms with Crippen LogP contribution in [0.4, 0.5) is 0 Å². The summed E-state index contributed by atoms with van der Waals surface area (Å²) in [4.78, 5) is 12.8. The van der Waals surface area contributed by atoms with E-state index in [0.29, 0.717) is 25.0 Å². The average molecular weight is 371 g/mol. The van der Waals surface area contributed by atoms with Gasteiger partial charge in [0.15, 0.2) is 0 Å². The van der Waals surface area contributed by atoms with E-state index in [4.69, 9.17) is 4.74 Å². The van der Waals surface area contributed by atoms with E-state index >= 15 is 0 Å². The van der Waals surface area contributed by atoms with Gasteiger partial charge in [0.2, 0.25) is 0 Å². The largest absolute Gasteiger partial charge is 0.392 e. The summed E-state index contributed by atoms with van der Waals surface area (Å²) in [5, 5.41) is 11.0. The molecule has 148 valence electrons. The fourth-order valence-electron chi connectivity index (χ4n) is 5.37. The van der Waals surface area contributed by atoms with Gasteiger partial charge in [0, 0.05) is 6.42 Å². The Kier molecular flexibility index (Phi) is 6.54. The standard InChI is InChI=1S/C24H34O3/c1-5-10-27-20-8-6-18(7-9-20)13-19-14-21(25)23(24(19)26)22-16(3)11-15(2)12-17(22)4/h5,11-12,18-20,23-24,26H,1,6-10,13-14H2,2-4H3. The molecular weight excluding hydrogens is 336 g/mol. The fraction of sp³-hybridized carbons (Fsp3) is 0.625. The van der Waals surface area contributed by atoms with Crippen molar-refractivity contribution in [1.82, 2.24) is 0 Å². The van der Waals surface area contributed by atoms with Gasteiger partial charge in [-0.3, -0.25) is 4.79 Å². The molecule has 1 aromatic carbocycles. The molecule has 2 fully saturated rings. The highest BCUT2D eigenvalue weighted by Gasteiger charge is 2.44. The first-order chi connectivity index (χ1) is 12.9. The first-order valence-corrected chi connectivity index (χ1v) is 10.4. The third kappa shape index (κ3) is 4.52. The molecule has 0 radical (unpaired) electrons. The summed E-state index contributed by atoms with van der Waals surface area (Å²) in [6.07, 6.45) is 7.50. The van der Waals surface area contributed by atoms with Crippen molar-refractivity contribution in [3.63, 3.8) is 0 Å². The second-order valence-electron chi connectivity index (χ2n) is 8.71. The van der Waals surface area contributed by atoms with Crippen LogP contribution in [-0.4, -0.2) is 29.7 Å². The van der Waals surface area contributed by atoms with Gasteiger partial charge in [0.05, 0.1) is 24.7 Å². The van der Waals surface area contributed by atoms with Crippen molar-refractivity contribution in [3.8, 4) is 0 Å². The maximum Gasteiger partial charge on any atom is 0.143 e. The molecule has 0 saturated heterocycles. The minimum Gasteiger partial charge on any atom is -0.392 e. The zero-order valence-corrected chi connectivity index (χ0v) is 17.0. The van der Waals surface area contributed by atoms with Gasteiger partial charge in [-0.25, -0.2) is 0 Å². The summed E-state index contributed by atoms with van der Waals surface area (Å²) in [6.45, 7) is 10.5. The molecule has 0 aliphatic heterocycles. The molecule has 0 aromatic heterocycles. The summed E-state index contributed by atoms with van der Waals surface area (Å²) in [5.41, 5.74) is 4.53. The molecular formula is C24H34O3. The Balaban J connectivity index is 1.64.